The summed E-state index contributed by atoms with van der Waals surface area (Å²) in [6, 6.07) is 24.5. The summed E-state index contributed by atoms with van der Waals surface area (Å²) in [5.41, 5.74) is 7.71. The van der Waals surface area contributed by atoms with Crippen LogP contribution in [0.3, 0.4) is 0 Å². The molecule has 0 atom stereocenters. The number of ketones is 1. The SMILES string of the molecule is CCCCc1nc2c(C)nc3ccccc3c2n1Cc1ccc(CNC(=O)OCc2ccc(SSC(C)(C)CNC(=O)Cn3cc(CCC(=O)CC(C)(C)C)nn3)cc2)cc1. The van der Waals surface area contributed by atoms with Gasteiger partial charge >= 0.3 is 6.09 Å². The maximum atomic E-state index is 12.7. The molecule has 322 valence electrons. The maximum absolute atomic E-state index is 12.7. The lowest BCUT2D eigenvalue weighted by Gasteiger charge is -2.23. The second-order valence-electron chi connectivity index (χ2n) is 17.4. The number of amides is 2. The van der Waals surface area contributed by atoms with E-state index in [1.54, 1.807) is 27.8 Å². The molecule has 0 aliphatic heterocycles. The van der Waals surface area contributed by atoms with E-state index in [2.05, 4.69) is 76.6 Å². The van der Waals surface area contributed by atoms with E-state index in [0.717, 1.165) is 74.3 Å². The molecule has 12 nitrogen and oxygen atoms in total. The van der Waals surface area contributed by atoms with Crippen LogP contribution in [-0.4, -0.2) is 58.6 Å². The van der Waals surface area contributed by atoms with Gasteiger partial charge in [-0.25, -0.2) is 14.5 Å². The summed E-state index contributed by atoms with van der Waals surface area (Å²) < 4.78 is 9.13. The van der Waals surface area contributed by atoms with Crippen molar-refractivity contribution in [1.82, 2.24) is 40.2 Å². The molecule has 0 aliphatic carbocycles. The Bertz CT molecular complexity index is 2440. The van der Waals surface area contributed by atoms with Gasteiger partial charge in [-0.05, 0) is 73.9 Å². The monoisotopic (exact) mass is 862 g/mol. The van der Waals surface area contributed by atoms with Crippen molar-refractivity contribution in [2.75, 3.05) is 6.54 Å². The van der Waals surface area contributed by atoms with E-state index in [1.165, 1.54) is 4.68 Å². The highest BCUT2D eigenvalue weighted by molar-refractivity contribution is 8.77. The van der Waals surface area contributed by atoms with Gasteiger partial charge in [-0.15, -0.1) is 5.10 Å². The summed E-state index contributed by atoms with van der Waals surface area (Å²) in [7, 11) is 3.29. The Morgan fingerprint density at radius 3 is 2.31 bits per heavy atom. The van der Waals surface area contributed by atoms with E-state index >= 15 is 0 Å². The number of benzene rings is 3. The number of nitrogens with one attached hydrogen (secondary N) is 2. The first-order valence-electron chi connectivity index (χ1n) is 21.0. The van der Waals surface area contributed by atoms with Crippen molar-refractivity contribution in [2.45, 2.75) is 123 Å². The number of hydrogen-bond donors (Lipinski definition) is 2. The molecule has 0 saturated heterocycles. The van der Waals surface area contributed by atoms with Crippen molar-refractivity contribution in [1.29, 1.82) is 0 Å². The quantitative estimate of drug-likeness (QED) is 0.0712. The number of Topliss-reactive ketones (excluding diaryl/α,β-unsaturated/α-hetero) is 1. The lowest BCUT2D eigenvalue weighted by atomic mass is 9.88. The number of fused-ring (bicyclic) bond motifs is 3. The Balaban J connectivity index is 0.908. The van der Waals surface area contributed by atoms with Crippen LogP contribution in [0, 0.1) is 12.3 Å². The summed E-state index contributed by atoms with van der Waals surface area (Å²) in [5.74, 6) is 1.13. The van der Waals surface area contributed by atoms with Crippen LogP contribution in [0.25, 0.3) is 21.9 Å². The summed E-state index contributed by atoms with van der Waals surface area (Å²) in [5, 5.41) is 15.2. The van der Waals surface area contributed by atoms with Crippen molar-refractivity contribution in [3.05, 3.63) is 113 Å². The number of unbranched alkanes of at least 4 members (excludes halogenated alkanes) is 1. The van der Waals surface area contributed by atoms with Crippen molar-refractivity contribution in [3.63, 3.8) is 0 Å². The smallest absolute Gasteiger partial charge is 0.407 e. The van der Waals surface area contributed by atoms with Crippen LogP contribution in [-0.2, 0) is 53.4 Å². The van der Waals surface area contributed by atoms with Crippen LogP contribution < -0.4 is 10.6 Å². The molecule has 0 fully saturated rings. The van der Waals surface area contributed by atoms with Gasteiger partial charge in [-0.3, -0.25) is 14.6 Å². The van der Waals surface area contributed by atoms with Crippen LogP contribution in [0.1, 0.15) is 101 Å². The summed E-state index contributed by atoms with van der Waals surface area (Å²) in [6.07, 6.45) is 5.79. The third-order valence-corrected chi connectivity index (χ3v) is 13.4. The summed E-state index contributed by atoms with van der Waals surface area (Å²) in [4.78, 5) is 48.5. The van der Waals surface area contributed by atoms with Gasteiger partial charge in [0, 0.05) is 60.1 Å². The molecule has 0 aliphatic rings. The van der Waals surface area contributed by atoms with Gasteiger partial charge < -0.3 is 19.9 Å². The number of ether oxygens (including phenoxy) is 1. The fraction of sp³-hybridized carbons (Fsp3) is 0.426. The number of rotatable bonds is 20. The maximum Gasteiger partial charge on any atom is 0.407 e. The van der Waals surface area contributed by atoms with Gasteiger partial charge in [0.25, 0.3) is 0 Å². The number of hydrogen-bond acceptors (Lipinski definition) is 10. The van der Waals surface area contributed by atoms with Crippen LogP contribution in [0.15, 0.2) is 83.9 Å². The van der Waals surface area contributed by atoms with Crippen molar-refractivity contribution < 1.29 is 19.1 Å². The molecule has 3 aromatic heterocycles. The number of carbonyl (C=O) groups is 3. The normalized spacial score (nSPS) is 11.9. The molecule has 0 radical (unpaired) electrons. The standard InChI is InChI=1S/C47H58N8O4S2/c1-8-9-14-41-51-43-32(2)50-40-13-11-10-12-39(40)44(43)55(41)27-34-17-15-33(16-18-34)26-48-45(58)59-30-35-19-23-38(24-20-35)60-61-47(6,7)31-49-42(57)29-54-28-36(52-53-54)21-22-37(56)25-46(3,4)5/h10-13,15-20,23-24,28H,8-9,14,21-22,25-27,29-31H2,1-7H3,(H,48,58)(H,49,57). The molecule has 61 heavy (non-hydrogen) atoms. The number of nitrogens with zero attached hydrogens (tertiary/aromatic N) is 6. The van der Waals surface area contributed by atoms with Crippen LogP contribution in [0.4, 0.5) is 4.79 Å². The number of alkyl carbamates (subject to hydrolysis) is 1. The van der Waals surface area contributed by atoms with Crippen LogP contribution in [0.5, 0.6) is 0 Å². The fourth-order valence-electron chi connectivity index (χ4n) is 6.87. The predicted molar refractivity (Wildman–Crippen MR) is 245 cm³/mol. The van der Waals surface area contributed by atoms with Crippen molar-refractivity contribution in [3.8, 4) is 0 Å². The molecular formula is C47H58N8O4S2. The third-order valence-electron chi connectivity index (χ3n) is 10.0. The molecule has 3 heterocycles. The first-order valence-corrected chi connectivity index (χ1v) is 23.1. The molecule has 0 unspecified atom stereocenters. The van der Waals surface area contributed by atoms with E-state index in [9.17, 15) is 14.4 Å². The second-order valence-corrected chi connectivity index (χ2v) is 20.3. The zero-order valence-corrected chi connectivity index (χ0v) is 38.0. The largest absolute Gasteiger partial charge is 0.445 e. The van der Waals surface area contributed by atoms with Crippen molar-refractivity contribution in [2.24, 2.45) is 5.41 Å². The molecule has 3 aromatic carbocycles. The summed E-state index contributed by atoms with van der Waals surface area (Å²) >= 11 is 0. The molecule has 0 spiro atoms. The molecule has 14 heteroatoms. The van der Waals surface area contributed by atoms with Gasteiger partial charge in [0.2, 0.25) is 5.91 Å². The molecule has 6 rings (SSSR count). The highest BCUT2D eigenvalue weighted by atomic mass is 33.1. The number of carbonyl (C=O) groups excluding carboxylic acids is 3. The molecule has 0 saturated carbocycles. The van der Waals surface area contributed by atoms with E-state index < -0.39 is 6.09 Å². The lowest BCUT2D eigenvalue weighted by Crippen LogP contribution is -2.37. The van der Waals surface area contributed by atoms with Crippen LogP contribution >= 0.6 is 21.6 Å². The minimum absolute atomic E-state index is 0.0377. The highest BCUT2D eigenvalue weighted by Crippen LogP contribution is 2.40. The average Bonchev–Trinajstić information content (AvgIpc) is 3.84. The number of para-hydroxylation sites is 1. The van der Waals surface area contributed by atoms with Gasteiger partial charge in [0.1, 0.15) is 30.3 Å². The number of aromatic nitrogens is 6. The molecule has 6 aromatic rings. The Morgan fingerprint density at radius 2 is 1.57 bits per heavy atom. The van der Waals surface area contributed by atoms with E-state index in [4.69, 9.17) is 14.7 Å². The number of pyridine rings is 1. The van der Waals surface area contributed by atoms with Gasteiger partial charge in [0.05, 0.1) is 22.4 Å². The van der Waals surface area contributed by atoms with Crippen molar-refractivity contribution >= 4 is 61.3 Å². The van der Waals surface area contributed by atoms with Gasteiger partial charge in [-0.1, -0.05) is 116 Å². The van der Waals surface area contributed by atoms with Gasteiger partial charge in [0.15, 0.2) is 0 Å². The molecule has 2 N–H and O–H groups in total. The first kappa shape index (κ1) is 45.3. The van der Waals surface area contributed by atoms with E-state index in [0.29, 0.717) is 44.6 Å². The topological polar surface area (TPSA) is 146 Å². The second kappa shape index (κ2) is 20.6. The highest BCUT2D eigenvalue weighted by Gasteiger charge is 2.22. The first-order chi connectivity index (χ1) is 29.1. The fourth-order valence-corrected chi connectivity index (χ4v) is 9.04. The molecular weight excluding hydrogens is 805 g/mol. The minimum atomic E-state index is -0.476. The molecule has 0 bridgehead atoms. The Hall–Kier alpha value is -5.21. The minimum Gasteiger partial charge on any atom is -0.445 e. The number of imidazole rings is 1. The Labute approximate surface area is 366 Å². The summed E-state index contributed by atoms with van der Waals surface area (Å²) in [6.45, 7) is 16.3. The third kappa shape index (κ3) is 13.4. The lowest BCUT2D eigenvalue weighted by molar-refractivity contribution is -0.122. The molecule has 2 amide bonds. The van der Waals surface area contributed by atoms with Gasteiger partial charge in [-0.2, -0.15) is 0 Å². The predicted octanol–water partition coefficient (Wildman–Crippen LogP) is 9.57. The van der Waals surface area contributed by atoms with E-state index in [-0.39, 0.29) is 35.0 Å². The Kier molecular flexibility index (Phi) is 15.3. The Morgan fingerprint density at radius 1 is 0.852 bits per heavy atom. The average molecular weight is 863 g/mol. The zero-order chi connectivity index (χ0) is 43.6. The number of aryl methyl sites for hydroxylation is 3. The zero-order valence-electron chi connectivity index (χ0n) is 36.4. The van der Waals surface area contributed by atoms with Crippen LogP contribution in [0.2, 0.25) is 0 Å². The van der Waals surface area contributed by atoms with E-state index in [1.807, 2.05) is 70.2 Å².